The summed E-state index contributed by atoms with van der Waals surface area (Å²) in [6.45, 7) is 4.60. The van der Waals surface area contributed by atoms with Gasteiger partial charge >= 0.3 is 5.97 Å². The molecule has 9 N–H and O–H groups in total. The first-order valence-corrected chi connectivity index (χ1v) is 9.25. The van der Waals surface area contributed by atoms with E-state index in [4.69, 9.17) is 16.6 Å². The number of rotatable bonds is 13. The Kier molecular flexibility index (Phi) is 12.0. The maximum atomic E-state index is 12.6. The minimum Gasteiger partial charge on any atom is -0.480 e. The third-order valence-corrected chi connectivity index (χ3v) is 4.08. The summed E-state index contributed by atoms with van der Waals surface area (Å²) in [6.07, 6.45) is 0.111. The van der Waals surface area contributed by atoms with E-state index < -0.39 is 54.5 Å². The van der Waals surface area contributed by atoms with E-state index in [-0.39, 0.29) is 12.3 Å². The van der Waals surface area contributed by atoms with Gasteiger partial charge in [0, 0.05) is 0 Å². The minimum absolute atomic E-state index is 0.177. The fourth-order valence-electron chi connectivity index (χ4n) is 2.27. The summed E-state index contributed by atoms with van der Waals surface area (Å²) in [5.74, 6) is -3.46. The van der Waals surface area contributed by atoms with Crippen molar-refractivity contribution in [2.45, 2.75) is 64.3 Å². The molecule has 0 spiro atoms. The number of aliphatic carboxylic acids is 1. The summed E-state index contributed by atoms with van der Waals surface area (Å²) in [5, 5.41) is 25.6. The molecule has 0 aliphatic heterocycles. The summed E-state index contributed by atoms with van der Waals surface area (Å²) in [6, 6.07) is -3.22. The standard InChI is InChI=1S/C17H33N5O6/c1-9(2)13(19)16(27)22-14(10(3)23)17(28)21-11(6-4-5-7-18)15(26)20-8-12(24)25/h9-11,13-14,23H,4-8,18-19H2,1-3H3,(H,20,26)(H,21,28)(H,22,27)(H,24,25)/t10-,11+,13+,14+/m1/s1. The van der Waals surface area contributed by atoms with Crippen LogP contribution in [0.4, 0.5) is 0 Å². The first kappa shape index (κ1) is 25.8. The van der Waals surface area contributed by atoms with Gasteiger partial charge < -0.3 is 37.6 Å². The molecule has 3 amide bonds. The van der Waals surface area contributed by atoms with E-state index in [1.165, 1.54) is 6.92 Å². The lowest BCUT2D eigenvalue weighted by Crippen LogP contribution is -2.59. The molecule has 0 heterocycles. The number of nitrogens with one attached hydrogen (secondary N) is 3. The lowest BCUT2D eigenvalue weighted by molar-refractivity contribution is -0.139. The zero-order valence-corrected chi connectivity index (χ0v) is 16.6. The maximum Gasteiger partial charge on any atom is 0.322 e. The van der Waals surface area contributed by atoms with Gasteiger partial charge in [0.15, 0.2) is 0 Å². The largest absolute Gasteiger partial charge is 0.480 e. The van der Waals surface area contributed by atoms with Crippen molar-refractivity contribution in [3.05, 3.63) is 0 Å². The van der Waals surface area contributed by atoms with Crippen molar-refractivity contribution in [2.75, 3.05) is 13.1 Å². The van der Waals surface area contributed by atoms with Crippen LogP contribution in [0, 0.1) is 5.92 Å². The van der Waals surface area contributed by atoms with Crippen LogP contribution in [0.1, 0.15) is 40.0 Å². The fourth-order valence-corrected chi connectivity index (χ4v) is 2.27. The highest BCUT2D eigenvalue weighted by molar-refractivity contribution is 5.94. The molecule has 0 saturated heterocycles. The van der Waals surface area contributed by atoms with Gasteiger partial charge in [-0.1, -0.05) is 13.8 Å². The van der Waals surface area contributed by atoms with Crippen LogP contribution in [0.25, 0.3) is 0 Å². The third kappa shape index (κ3) is 9.62. The van der Waals surface area contributed by atoms with Crippen molar-refractivity contribution in [3.63, 3.8) is 0 Å². The molecule has 0 bridgehead atoms. The number of unbranched alkanes of at least 4 members (excludes halogenated alkanes) is 1. The van der Waals surface area contributed by atoms with Gasteiger partial charge in [0.2, 0.25) is 17.7 Å². The second-order valence-electron chi connectivity index (χ2n) is 6.95. The number of carboxylic acids is 1. The van der Waals surface area contributed by atoms with E-state index in [1.807, 2.05) is 0 Å². The molecule has 11 nitrogen and oxygen atoms in total. The average Bonchev–Trinajstić information content (AvgIpc) is 2.61. The van der Waals surface area contributed by atoms with Crippen LogP contribution >= 0.6 is 0 Å². The smallest absolute Gasteiger partial charge is 0.322 e. The van der Waals surface area contributed by atoms with Crippen molar-refractivity contribution in [1.29, 1.82) is 0 Å². The van der Waals surface area contributed by atoms with Crippen LogP contribution in [-0.4, -0.2) is 71.2 Å². The van der Waals surface area contributed by atoms with Gasteiger partial charge in [-0.2, -0.15) is 0 Å². The Morgan fingerprint density at radius 1 is 0.964 bits per heavy atom. The topological polar surface area (TPSA) is 197 Å². The molecule has 4 atom stereocenters. The number of carbonyl (C=O) groups excluding carboxylic acids is 3. The predicted molar refractivity (Wildman–Crippen MR) is 102 cm³/mol. The molecule has 0 unspecified atom stereocenters. The molecule has 162 valence electrons. The van der Waals surface area contributed by atoms with Crippen molar-refractivity contribution in [1.82, 2.24) is 16.0 Å². The van der Waals surface area contributed by atoms with Gasteiger partial charge in [-0.25, -0.2) is 0 Å². The third-order valence-electron chi connectivity index (χ3n) is 4.08. The summed E-state index contributed by atoms with van der Waals surface area (Å²) in [7, 11) is 0. The molecule has 0 saturated carbocycles. The van der Waals surface area contributed by atoms with Gasteiger partial charge in [-0.05, 0) is 38.6 Å². The van der Waals surface area contributed by atoms with Gasteiger partial charge in [-0.3, -0.25) is 19.2 Å². The second kappa shape index (κ2) is 13.0. The van der Waals surface area contributed by atoms with Gasteiger partial charge in [0.25, 0.3) is 0 Å². The van der Waals surface area contributed by atoms with Crippen LogP contribution in [0.5, 0.6) is 0 Å². The van der Waals surface area contributed by atoms with Crippen molar-refractivity contribution in [2.24, 2.45) is 17.4 Å². The summed E-state index contributed by atoms with van der Waals surface area (Å²) in [5.41, 5.74) is 11.2. The zero-order valence-electron chi connectivity index (χ0n) is 16.6. The van der Waals surface area contributed by atoms with E-state index in [1.54, 1.807) is 13.8 Å². The highest BCUT2D eigenvalue weighted by Gasteiger charge is 2.31. The molecule has 0 rings (SSSR count). The van der Waals surface area contributed by atoms with Gasteiger partial charge in [-0.15, -0.1) is 0 Å². The number of nitrogens with two attached hydrogens (primary N) is 2. The van der Waals surface area contributed by atoms with E-state index >= 15 is 0 Å². The molecule has 11 heteroatoms. The summed E-state index contributed by atoms with van der Waals surface area (Å²) < 4.78 is 0. The number of aliphatic hydroxyl groups is 1. The number of carboxylic acid groups (broad SMARTS) is 1. The number of amides is 3. The maximum absolute atomic E-state index is 12.6. The lowest BCUT2D eigenvalue weighted by Gasteiger charge is -2.26. The van der Waals surface area contributed by atoms with Gasteiger partial charge in [0.1, 0.15) is 18.6 Å². The Morgan fingerprint density at radius 2 is 1.57 bits per heavy atom. The van der Waals surface area contributed by atoms with Crippen molar-refractivity contribution in [3.8, 4) is 0 Å². The normalized spacial score (nSPS) is 15.2. The monoisotopic (exact) mass is 403 g/mol. The highest BCUT2D eigenvalue weighted by atomic mass is 16.4. The number of carbonyl (C=O) groups is 4. The lowest BCUT2D eigenvalue weighted by atomic mass is 10.0. The first-order chi connectivity index (χ1) is 13.0. The highest BCUT2D eigenvalue weighted by Crippen LogP contribution is 2.04. The molecule has 0 aromatic carbocycles. The van der Waals surface area contributed by atoms with Crippen molar-refractivity contribution >= 4 is 23.7 Å². The Bertz CT molecular complexity index is 540. The van der Waals surface area contributed by atoms with Crippen LogP contribution in [0.2, 0.25) is 0 Å². The Labute approximate surface area is 164 Å². The Balaban J connectivity index is 5.15. The minimum atomic E-state index is -1.32. The number of hydrogen-bond acceptors (Lipinski definition) is 7. The number of hydrogen-bond donors (Lipinski definition) is 7. The van der Waals surface area contributed by atoms with Crippen molar-refractivity contribution < 1.29 is 29.4 Å². The van der Waals surface area contributed by atoms with Crippen LogP contribution < -0.4 is 27.4 Å². The second-order valence-corrected chi connectivity index (χ2v) is 6.95. The molecular weight excluding hydrogens is 370 g/mol. The van der Waals surface area contributed by atoms with E-state index in [0.29, 0.717) is 19.4 Å². The van der Waals surface area contributed by atoms with E-state index in [9.17, 15) is 24.3 Å². The molecule has 0 radical (unpaired) electrons. The molecule has 0 aromatic rings. The summed E-state index contributed by atoms with van der Waals surface area (Å²) in [4.78, 5) is 47.5. The average molecular weight is 403 g/mol. The first-order valence-electron chi connectivity index (χ1n) is 9.25. The predicted octanol–water partition coefficient (Wildman–Crippen LogP) is -2.35. The molecule has 0 fully saturated rings. The zero-order chi connectivity index (χ0) is 21.9. The van der Waals surface area contributed by atoms with Crippen LogP contribution in [-0.2, 0) is 19.2 Å². The van der Waals surface area contributed by atoms with E-state index in [2.05, 4.69) is 16.0 Å². The fraction of sp³-hybridized carbons (Fsp3) is 0.765. The Hall–Kier alpha value is -2.24. The van der Waals surface area contributed by atoms with Crippen LogP contribution in [0.15, 0.2) is 0 Å². The van der Waals surface area contributed by atoms with E-state index in [0.717, 1.165) is 0 Å². The number of aliphatic hydroxyl groups excluding tert-OH is 1. The molecule has 0 aliphatic rings. The molecule has 0 aliphatic carbocycles. The Morgan fingerprint density at radius 3 is 2.04 bits per heavy atom. The molecule has 28 heavy (non-hydrogen) atoms. The quantitative estimate of drug-likeness (QED) is 0.166. The SMILES string of the molecule is CC(C)[C@H](N)C(=O)N[C@H](C(=O)N[C@@H](CCCCN)C(=O)NCC(=O)O)[C@@H](C)O. The van der Waals surface area contributed by atoms with Gasteiger partial charge in [0.05, 0.1) is 12.1 Å². The van der Waals surface area contributed by atoms with Crippen LogP contribution in [0.3, 0.4) is 0 Å². The molecule has 0 aromatic heterocycles. The summed E-state index contributed by atoms with van der Waals surface area (Å²) >= 11 is 0. The molecular formula is C17H33N5O6.